The smallest absolute Gasteiger partial charge is 0.231 e. The maximum absolute atomic E-state index is 6.34. The van der Waals surface area contributed by atoms with Crippen molar-refractivity contribution in [1.82, 2.24) is 9.38 Å². The summed E-state index contributed by atoms with van der Waals surface area (Å²) < 4.78 is 18.2. The molecule has 3 aromatic heterocycles. The Morgan fingerprint density at radius 3 is 2.85 bits per heavy atom. The number of hydrogen-bond acceptors (Lipinski definition) is 5. The highest BCUT2D eigenvalue weighted by Gasteiger charge is 2.17. The molecule has 0 radical (unpaired) electrons. The van der Waals surface area contributed by atoms with Gasteiger partial charge in [-0.2, -0.15) is 0 Å². The van der Waals surface area contributed by atoms with Crippen molar-refractivity contribution in [2.24, 2.45) is 4.99 Å². The Kier molecular flexibility index (Phi) is 3.43. The molecule has 0 saturated heterocycles. The van der Waals surface area contributed by atoms with E-state index in [2.05, 4.69) is 9.98 Å². The molecule has 0 aliphatic carbocycles. The van der Waals surface area contributed by atoms with Crippen LogP contribution in [0.4, 0.5) is 5.82 Å². The molecule has 26 heavy (non-hydrogen) atoms. The Hall–Kier alpha value is -3.25. The van der Waals surface area contributed by atoms with Gasteiger partial charge < -0.3 is 13.9 Å². The third kappa shape index (κ3) is 2.43. The van der Waals surface area contributed by atoms with Crippen LogP contribution in [0.3, 0.4) is 0 Å². The molecule has 1 aromatic carbocycles. The number of imidazole rings is 1. The maximum Gasteiger partial charge on any atom is 0.231 e. The maximum atomic E-state index is 6.34. The molecule has 0 unspecified atom stereocenters. The van der Waals surface area contributed by atoms with Gasteiger partial charge in [0.1, 0.15) is 5.65 Å². The van der Waals surface area contributed by atoms with Crippen molar-refractivity contribution in [3.8, 4) is 23.0 Å². The number of aromatic nitrogens is 2. The van der Waals surface area contributed by atoms with Crippen molar-refractivity contribution >= 4 is 29.3 Å². The Morgan fingerprint density at radius 2 is 2.00 bits per heavy atom. The molecule has 128 valence electrons. The number of aliphatic imine (C=N–C) groups is 1. The van der Waals surface area contributed by atoms with Crippen molar-refractivity contribution in [3.63, 3.8) is 0 Å². The Bertz CT molecular complexity index is 1130. The topological polar surface area (TPSA) is 61.3 Å². The average Bonchev–Trinajstić information content (AvgIpc) is 3.38. The second kappa shape index (κ2) is 5.93. The highest BCUT2D eigenvalue weighted by Crippen LogP contribution is 2.37. The molecular weight excluding hydrogens is 354 g/mol. The first-order valence-corrected chi connectivity index (χ1v) is 8.31. The van der Waals surface area contributed by atoms with E-state index in [1.165, 1.54) is 0 Å². The van der Waals surface area contributed by atoms with Gasteiger partial charge in [-0.05, 0) is 30.3 Å². The summed E-state index contributed by atoms with van der Waals surface area (Å²) in [6.45, 7) is 0.197. The van der Waals surface area contributed by atoms with Gasteiger partial charge >= 0.3 is 0 Å². The lowest BCUT2D eigenvalue weighted by atomic mass is 10.2. The molecular formula is C19H12ClN3O3. The third-order valence-electron chi connectivity index (χ3n) is 4.08. The molecule has 4 aromatic rings. The van der Waals surface area contributed by atoms with Crippen LogP contribution in [-0.4, -0.2) is 22.4 Å². The molecule has 1 aliphatic heterocycles. The Morgan fingerprint density at radius 1 is 1.12 bits per heavy atom. The van der Waals surface area contributed by atoms with Crippen LogP contribution in [-0.2, 0) is 0 Å². The summed E-state index contributed by atoms with van der Waals surface area (Å²) in [6, 6.07) is 13.0. The fraction of sp³-hybridized carbons (Fsp3) is 0.0526. The number of fused-ring (bicyclic) bond motifs is 2. The molecule has 0 saturated carbocycles. The van der Waals surface area contributed by atoms with E-state index in [0.29, 0.717) is 33.8 Å². The zero-order valence-electron chi connectivity index (χ0n) is 13.4. The third-order valence-corrected chi connectivity index (χ3v) is 4.40. The molecule has 5 rings (SSSR count). The van der Waals surface area contributed by atoms with Gasteiger partial charge in [-0.3, -0.25) is 4.40 Å². The van der Waals surface area contributed by atoms with E-state index < -0.39 is 0 Å². The van der Waals surface area contributed by atoms with E-state index in [1.54, 1.807) is 18.5 Å². The number of halogens is 1. The van der Waals surface area contributed by atoms with Crippen molar-refractivity contribution in [1.29, 1.82) is 0 Å². The van der Waals surface area contributed by atoms with Crippen molar-refractivity contribution in [3.05, 3.63) is 65.5 Å². The van der Waals surface area contributed by atoms with Gasteiger partial charge in [0.25, 0.3) is 0 Å². The fourth-order valence-corrected chi connectivity index (χ4v) is 3.05. The molecule has 7 heteroatoms. The van der Waals surface area contributed by atoms with Crippen LogP contribution >= 0.6 is 11.6 Å². The molecule has 0 N–H and O–H groups in total. The summed E-state index contributed by atoms with van der Waals surface area (Å²) in [7, 11) is 0. The molecule has 4 heterocycles. The molecule has 1 aliphatic rings. The molecule has 0 fully saturated rings. The van der Waals surface area contributed by atoms with Crippen LogP contribution in [0, 0.1) is 0 Å². The number of furan rings is 1. The Labute approximate surface area is 153 Å². The van der Waals surface area contributed by atoms with Gasteiger partial charge in [0, 0.05) is 24.0 Å². The van der Waals surface area contributed by atoms with E-state index in [4.69, 9.17) is 25.5 Å². The van der Waals surface area contributed by atoms with Crippen LogP contribution in [0.1, 0.15) is 5.56 Å². The van der Waals surface area contributed by atoms with E-state index in [-0.39, 0.29) is 6.79 Å². The number of ether oxygens (including phenoxy) is 2. The monoisotopic (exact) mass is 365 g/mol. The van der Waals surface area contributed by atoms with Crippen molar-refractivity contribution in [2.45, 2.75) is 0 Å². The van der Waals surface area contributed by atoms with Gasteiger partial charge in [0.2, 0.25) is 6.79 Å². The van der Waals surface area contributed by atoms with Gasteiger partial charge in [0.15, 0.2) is 28.8 Å². The number of benzene rings is 1. The summed E-state index contributed by atoms with van der Waals surface area (Å²) >= 11 is 6.34. The summed E-state index contributed by atoms with van der Waals surface area (Å²) in [6.07, 6.45) is 5.21. The van der Waals surface area contributed by atoms with Gasteiger partial charge in [0.05, 0.1) is 11.3 Å². The largest absolute Gasteiger partial charge is 0.463 e. The summed E-state index contributed by atoms with van der Waals surface area (Å²) in [5.74, 6) is 2.60. The number of rotatable bonds is 3. The highest BCUT2D eigenvalue weighted by atomic mass is 35.5. The van der Waals surface area contributed by atoms with Crippen LogP contribution in [0.25, 0.3) is 17.1 Å². The molecule has 0 amide bonds. The lowest BCUT2D eigenvalue weighted by Gasteiger charge is -2.02. The minimum absolute atomic E-state index is 0.197. The van der Waals surface area contributed by atoms with Crippen molar-refractivity contribution in [2.75, 3.05) is 6.79 Å². The summed E-state index contributed by atoms with van der Waals surface area (Å²) in [4.78, 5) is 9.27. The molecule has 0 bridgehead atoms. The number of hydrogen-bond donors (Lipinski definition) is 0. The standard InChI is InChI=1S/C19H12ClN3O3/c20-13-9-16-15(25-11-26-16)8-12(13)10-21-19-18(14-4-3-7-24-14)22-17-5-1-2-6-23(17)19/h1-10H,11H2/b21-10+. The van der Waals surface area contributed by atoms with E-state index >= 15 is 0 Å². The SMILES string of the molecule is Clc1cc2c(cc1/C=N/c1c(-c3ccco3)nc3ccccn13)OCO2. The minimum atomic E-state index is 0.197. The first kappa shape index (κ1) is 15.0. The zero-order valence-corrected chi connectivity index (χ0v) is 14.2. The van der Waals surface area contributed by atoms with Crippen molar-refractivity contribution < 1.29 is 13.9 Å². The van der Waals surface area contributed by atoms with Crippen LogP contribution in [0.2, 0.25) is 5.02 Å². The molecule has 0 atom stereocenters. The van der Waals surface area contributed by atoms with Gasteiger partial charge in [-0.25, -0.2) is 9.98 Å². The lowest BCUT2D eigenvalue weighted by molar-refractivity contribution is 0.174. The molecule has 6 nitrogen and oxygen atoms in total. The van der Waals surface area contributed by atoms with Crippen LogP contribution in [0.15, 0.2) is 64.3 Å². The van der Waals surface area contributed by atoms with E-state index in [9.17, 15) is 0 Å². The lowest BCUT2D eigenvalue weighted by Crippen LogP contribution is -1.92. The first-order chi connectivity index (χ1) is 12.8. The fourth-order valence-electron chi connectivity index (χ4n) is 2.85. The second-order valence-electron chi connectivity index (χ2n) is 5.68. The van der Waals surface area contributed by atoms with E-state index in [0.717, 1.165) is 11.2 Å². The Balaban J connectivity index is 1.63. The summed E-state index contributed by atoms with van der Waals surface area (Å²) in [5.41, 5.74) is 2.17. The van der Waals surface area contributed by atoms with Gasteiger partial charge in [-0.15, -0.1) is 0 Å². The van der Waals surface area contributed by atoms with Crippen LogP contribution < -0.4 is 9.47 Å². The van der Waals surface area contributed by atoms with Crippen LogP contribution in [0.5, 0.6) is 11.5 Å². The minimum Gasteiger partial charge on any atom is -0.463 e. The number of nitrogens with zero attached hydrogens (tertiary/aromatic N) is 3. The van der Waals surface area contributed by atoms with Gasteiger partial charge in [-0.1, -0.05) is 17.7 Å². The second-order valence-corrected chi connectivity index (χ2v) is 6.08. The normalized spacial score (nSPS) is 13.1. The average molecular weight is 366 g/mol. The molecule has 0 spiro atoms. The number of pyridine rings is 1. The highest BCUT2D eigenvalue weighted by molar-refractivity contribution is 6.33. The predicted molar refractivity (Wildman–Crippen MR) is 97.7 cm³/mol. The first-order valence-electron chi connectivity index (χ1n) is 7.94. The quantitative estimate of drug-likeness (QED) is 0.492. The zero-order chi connectivity index (χ0) is 17.5. The predicted octanol–water partition coefficient (Wildman–Crippen LogP) is 4.73. The van der Waals surface area contributed by atoms with E-state index in [1.807, 2.05) is 47.0 Å². The summed E-state index contributed by atoms with van der Waals surface area (Å²) in [5, 5.41) is 0.534.